The van der Waals surface area contributed by atoms with Crippen LogP contribution in [0.4, 0.5) is 0 Å². The van der Waals surface area contributed by atoms with Crippen LogP contribution in [-0.4, -0.2) is 25.2 Å². The number of carbonyl (C=O) groups excluding carboxylic acids is 2. The van der Waals surface area contributed by atoms with Crippen molar-refractivity contribution in [3.05, 3.63) is 11.1 Å². The van der Waals surface area contributed by atoms with Crippen LogP contribution in [0.3, 0.4) is 0 Å². The molecule has 0 aromatic carbocycles. The van der Waals surface area contributed by atoms with Crippen molar-refractivity contribution in [3.63, 3.8) is 0 Å². The van der Waals surface area contributed by atoms with Gasteiger partial charge in [0.05, 0.1) is 13.2 Å². The number of rotatable bonds is 7. The molecule has 0 heterocycles. The lowest BCUT2D eigenvalue weighted by molar-refractivity contribution is -0.143. The summed E-state index contributed by atoms with van der Waals surface area (Å²) >= 11 is 0. The average Bonchev–Trinajstić information content (AvgIpc) is 2.57. The average molecular weight is 353 g/mol. The molecule has 1 aliphatic carbocycles. The number of ether oxygens (including phenoxy) is 2. The van der Waals surface area contributed by atoms with Crippen molar-refractivity contribution in [3.8, 4) is 0 Å². The molecule has 0 spiro atoms. The lowest BCUT2D eigenvalue weighted by atomic mass is 9.92. The van der Waals surface area contributed by atoms with Crippen molar-refractivity contribution in [2.75, 3.05) is 13.2 Å². The Bertz CT molecular complexity index is 426. The molecule has 0 aromatic heterocycles. The van der Waals surface area contributed by atoms with Crippen LogP contribution < -0.4 is 0 Å². The van der Waals surface area contributed by atoms with Crippen molar-refractivity contribution in [1.82, 2.24) is 0 Å². The van der Waals surface area contributed by atoms with Crippen LogP contribution in [0.2, 0.25) is 0 Å². The lowest BCUT2D eigenvalue weighted by Gasteiger charge is -2.16. The fraction of sp³-hybridized carbons (Fsp3) is 0.810. The highest BCUT2D eigenvalue weighted by molar-refractivity contribution is 5.89. The molecule has 1 aliphatic rings. The van der Waals surface area contributed by atoms with Gasteiger partial charge in [0.2, 0.25) is 0 Å². The van der Waals surface area contributed by atoms with E-state index >= 15 is 0 Å². The highest BCUT2D eigenvalue weighted by atomic mass is 16.5. The summed E-state index contributed by atoms with van der Waals surface area (Å²) in [7, 11) is 0. The van der Waals surface area contributed by atoms with E-state index in [-0.39, 0.29) is 11.9 Å². The Morgan fingerprint density at radius 3 is 1.96 bits per heavy atom. The van der Waals surface area contributed by atoms with Gasteiger partial charge in [-0.05, 0) is 52.4 Å². The molecule has 0 saturated carbocycles. The second-order valence-electron chi connectivity index (χ2n) is 6.79. The quantitative estimate of drug-likeness (QED) is 0.568. The number of allylic oxidation sites excluding steroid dienone is 1. The van der Waals surface area contributed by atoms with Crippen molar-refractivity contribution in [1.29, 1.82) is 0 Å². The Balaban J connectivity index is 2.78. The molecular weight excluding hydrogens is 316 g/mol. The Morgan fingerprint density at radius 1 is 0.800 bits per heavy atom. The molecule has 4 heteroatoms. The zero-order chi connectivity index (χ0) is 18.3. The Morgan fingerprint density at radius 2 is 1.36 bits per heavy atom. The Hall–Kier alpha value is -1.32. The first-order valence-electron chi connectivity index (χ1n) is 10.2. The minimum Gasteiger partial charge on any atom is -0.466 e. The van der Waals surface area contributed by atoms with Gasteiger partial charge in [-0.2, -0.15) is 0 Å². The lowest BCUT2D eigenvalue weighted by Crippen LogP contribution is -2.12. The zero-order valence-corrected chi connectivity index (χ0v) is 16.2. The van der Waals surface area contributed by atoms with E-state index < -0.39 is 0 Å². The summed E-state index contributed by atoms with van der Waals surface area (Å²) in [5.41, 5.74) is 2.09. The van der Waals surface area contributed by atoms with E-state index in [9.17, 15) is 9.59 Å². The molecule has 0 aromatic rings. The van der Waals surface area contributed by atoms with Gasteiger partial charge in [0.15, 0.2) is 0 Å². The molecule has 0 aliphatic heterocycles. The summed E-state index contributed by atoms with van der Waals surface area (Å²) in [6.45, 7) is 4.52. The van der Waals surface area contributed by atoms with Gasteiger partial charge >= 0.3 is 11.9 Å². The molecule has 0 bridgehead atoms. The van der Waals surface area contributed by atoms with E-state index in [1.165, 1.54) is 44.1 Å². The summed E-state index contributed by atoms with van der Waals surface area (Å²) in [4.78, 5) is 24.0. The van der Waals surface area contributed by atoms with Crippen LogP contribution in [0.1, 0.15) is 97.3 Å². The second kappa shape index (κ2) is 13.9. The topological polar surface area (TPSA) is 52.6 Å². The first kappa shape index (κ1) is 21.7. The maximum atomic E-state index is 12.5. The van der Waals surface area contributed by atoms with E-state index in [0.29, 0.717) is 19.6 Å². The predicted molar refractivity (Wildman–Crippen MR) is 100 cm³/mol. The molecular formula is C21H36O4. The smallest absolute Gasteiger partial charge is 0.333 e. The maximum Gasteiger partial charge on any atom is 0.333 e. The molecule has 0 fully saturated rings. The minimum atomic E-state index is -0.148. The van der Waals surface area contributed by atoms with Crippen molar-refractivity contribution in [2.24, 2.45) is 0 Å². The van der Waals surface area contributed by atoms with Gasteiger partial charge in [-0.15, -0.1) is 0 Å². The van der Waals surface area contributed by atoms with Crippen LogP contribution in [-0.2, 0) is 19.1 Å². The van der Waals surface area contributed by atoms with Gasteiger partial charge in [0.1, 0.15) is 0 Å². The monoisotopic (exact) mass is 352 g/mol. The SMILES string of the molecule is CCOC(=O)CCC/C1=C(\C(=O)OCC)CCCCCCCCCC1. The fourth-order valence-corrected chi connectivity index (χ4v) is 3.45. The third kappa shape index (κ3) is 9.66. The molecule has 0 atom stereocenters. The predicted octanol–water partition coefficient (Wildman–Crippen LogP) is 5.49. The van der Waals surface area contributed by atoms with Crippen LogP contribution in [0.5, 0.6) is 0 Å². The highest BCUT2D eigenvalue weighted by Crippen LogP contribution is 2.26. The molecule has 144 valence electrons. The summed E-state index contributed by atoms with van der Waals surface area (Å²) in [6.07, 6.45) is 13.5. The van der Waals surface area contributed by atoms with Crippen molar-refractivity contribution >= 4 is 11.9 Å². The number of carbonyl (C=O) groups is 2. The molecule has 0 saturated heterocycles. The first-order valence-corrected chi connectivity index (χ1v) is 10.2. The van der Waals surface area contributed by atoms with Crippen LogP contribution in [0, 0.1) is 0 Å². The standard InChI is InChI=1S/C21H36O4/c1-3-24-20(22)17-13-15-18-14-11-9-7-5-6-8-10-12-16-19(18)21(23)25-4-2/h3-17H2,1-2H3/b19-18-. The Labute approximate surface area is 153 Å². The second-order valence-corrected chi connectivity index (χ2v) is 6.79. The van der Waals surface area contributed by atoms with Crippen LogP contribution in [0.15, 0.2) is 11.1 Å². The van der Waals surface area contributed by atoms with Crippen molar-refractivity contribution in [2.45, 2.75) is 97.3 Å². The van der Waals surface area contributed by atoms with Crippen LogP contribution in [0.25, 0.3) is 0 Å². The molecule has 1 rings (SSSR count). The summed E-state index contributed by atoms with van der Waals surface area (Å²) in [5, 5.41) is 0. The molecule has 25 heavy (non-hydrogen) atoms. The van der Waals surface area contributed by atoms with Gasteiger partial charge in [0, 0.05) is 12.0 Å². The number of hydrogen-bond acceptors (Lipinski definition) is 4. The summed E-state index contributed by atoms with van der Waals surface area (Å²) < 4.78 is 10.3. The number of esters is 2. The van der Waals surface area contributed by atoms with Gasteiger partial charge in [0.25, 0.3) is 0 Å². The highest BCUT2D eigenvalue weighted by Gasteiger charge is 2.17. The van der Waals surface area contributed by atoms with Crippen molar-refractivity contribution < 1.29 is 19.1 Å². The Kier molecular flexibility index (Phi) is 12.1. The largest absolute Gasteiger partial charge is 0.466 e. The number of hydrogen-bond donors (Lipinski definition) is 0. The molecule has 0 amide bonds. The third-order valence-electron chi connectivity index (χ3n) is 4.77. The van der Waals surface area contributed by atoms with E-state index in [2.05, 4.69) is 0 Å². The summed E-state index contributed by atoms with van der Waals surface area (Å²) in [5.74, 6) is -0.292. The zero-order valence-electron chi connectivity index (χ0n) is 16.2. The third-order valence-corrected chi connectivity index (χ3v) is 4.77. The fourth-order valence-electron chi connectivity index (χ4n) is 3.45. The van der Waals surface area contributed by atoms with Crippen LogP contribution >= 0.6 is 0 Å². The van der Waals surface area contributed by atoms with E-state index in [4.69, 9.17) is 9.47 Å². The van der Waals surface area contributed by atoms with Gasteiger partial charge in [-0.3, -0.25) is 4.79 Å². The van der Waals surface area contributed by atoms with Gasteiger partial charge in [-0.1, -0.05) is 44.1 Å². The van der Waals surface area contributed by atoms with Gasteiger partial charge in [-0.25, -0.2) is 4.79 Å². The minimum absolute atomic E-state index is 0.145. The summed E-state index contributed by atoms with van der Waals surface area (Å²) in [6, 6.07) is 0. The molecule has 0 radical (unpaired) electrons. The maximum absolute atomic E-state index is 12.5. The van der Waals surface area contributed by atoms with E-state index in [1.54, 1.807) is 0 Å². The van der Waals surface area contributed by atoms with E-state index in [1.807, 2.05) is 13.8 Å². The molecule has 4 nitrogen and oxygen atoms in total. The first-order chi connectivity index (χ1) is 12.2. The molecule has 0 unspecified atom stereocenters. The molecule has 0 N–H and O–H groups in total. The van der Waals surface area contributed by atoms with E-state index in [0.717, 1.165) is 44.1 Å². The van der Waals surface area contributed by atoms with Gasteiger partial charge < -0.3 is 9.47 Å². The normalized spacial score (nSPS) is 20.2.